The van der Waals surface area contributed by atoms with Gasteiger partial charge in [-0.15, -0.1) is 0 Å². The summed E-state index contributed by atoms with van der Waals surface area (Å²) in [6.07, 6.45) is 12.1. The van der Waals surface area contributed by atoms with Crippen LogP contribution in [0.15, 0.2) is 35.4 Å². The maximum atomic E-state index is 13.7. The van der Waals surface area contributed by atoms with Gasteiger partial charge in [-0.2, -0.15) is 0 Å². The highest BCUT2D eigenvalue weighted by Crippen LogP contribution is 2.72. The molecule has 7 nitrogen and oxygen atoms in total. The number of aromatic hydroxyl groups is 1. The van der Waals surface area contributed by atoms with Gasteiger partial charge in [0.2, 0.25) is 0 Å². The number of carbonyl (C=O) groups excluding carboxylic acids is 1. The number of aromatic amines is 1. The molecule has 0 spiro atoms. The lowest BCUT2D eigenvalue weighted by molar-refractivity contribution is -0.105. The van der Waals surface area contributed by atoms with Crippen molar-refractivity contribution in [2.45, 2.75) is 75.8 Å². The Hall–Kier alpha value is -2.67. The fraction of sp³-hybridized carbons (Fsp3) is 0.621. The fourth-order valence-electron chi connectivity index (χ4n) is 9.27. The van der Waals surface area contributed by atoms with E-state index in [4.69, 9.17) is 0 Å². The predicted octanol–water partition coefficient (Wildman–Crippen LogP) is 3.47. The van der Waals surface area contributed by atoms with Gasteiger partial charge in [0.1, 0.15) is 11.4 Å². The molecule has 4 bridgehead atoms. The van der Waals surface area contributed by atoms with E-state index in [0.717, 1.165) is 44.6 Å². The van der Waals surface area contributed by atoms with Gasteiger partial charge in [-0.3, -0.25) is 14.5 Å². The number of carbonyl (C=O) groups is 1. The SMILES string of the molecule is CCN(C(=O)c1c[nH]c(=O)cn1)C1CCC23CCC1C21CCN(CC2CC2)C3Cc2ccc(O)cc21. The van der Waals surface area contributed by atoms with Crippen LogP contribution in [0, 0.1) is 17.3 Å². The number of nitrogens with one attached hydrogen (secondary N) is 1. The first-order valence-electron chi connectivity index (χ1n) is 13.9. The Morgan fingerprint density at radius 1 is 1.22 bits per heavy atom. The molecule has 5 atom stereocenters. The standard InChI is InChI=1S/C29H36N4O3/c1-2-33(27(36)23-15-31-26(35)16-30-23)24-8-10-28-9-7-21(24)29(28)11-12-32(17-18-3-4-18)25(28)13-19-5-6-20(34)14-22(19)29/h5-6,14-16,18,21,24-25,34H,2-4,7-13,17H2,1H3,(H,31,35). The lowest BCUT2D eigenvalue weighted by Gasteiger charge is -2.67. The van der Waals surface area contributed by atoms with Crippen LogP contribution < -0.4 is 5.56 Å². The summed E-state index contributed by atoms with van der Waals surface area (Å²) in [5, 5.41) is 10.6. The van der Waals surface area contributed by atoms with Gasteiger partial charge in [-0.05, 0) is 105 Å². The van der Waals surface area contributed by atoms with Gasteiger partial charge in [0.05, 0.1) is 6.20 Å². The zero-order valence-corrected chi connectivity index (χ0v) is 21.1. The summed E-state index contributed by atoms with van der Waals surface area (Å²) in [7, 11) is 0. The van der Waals surface area contributed by atoms with E-state index in [-0.39, 0.29) is 28.3 Å². The Balaban J connectivity index is 1.32. The number of benzene rings is 1. The van der Waals surface area contributed by atoms with Crippen LogP contribution in [0.25, 0.3) is 0 Å². The number of amides is 1. The molecule has 1 amide bonds. The number of likely N-dealkylation sites (tertiary alicyclic amines) is 1. The van der Waals surface area contributed by atoms with E-state index in [1.54, 1.807) is 0 Å². The summed E-state index contributed by atoms with van der Waals surface area (Å²) in [6, 6.07) is 6.79. The monoisotopic (exact) mass is 488 g/mol. The topological polar surface area (TPSA) is 89.5 Å². The van der Waals surface area contributed by atoms with Crippen LogP contribution in [0.5, 0.6) is 5.75 Å². The van der Waals surface area contributed by atoms with E-state index >= 15 is 0 Å². The Kier molecular flexibility index (Phi) is 4.95. The molecule has 7 rings (SSSR count). The van der Waals surface area contributed by atoms with Crippen molar-refractivity contribution in [3.8, 4) is 5.75 Å². The van der Waals surface area contributed by atoms with Crippen molar-refractivity contribution in [2.24, 2.45) is 17.3 Å². The second-order valence-corrected chi connectivity index (χ2v) is 12.0. The molecule has 1 aliphatic heterocycles. The number of hydrogen-bond acceptors (Lipinski definition) is 5. The third kappa shape index (κ3) is 2.98. The third-order valence-electron chi connectivity index (χ3n) is 10.7. The zero-order valence-electron chi connectivity index (χ0n) is 21.1. The van der Waals surface area contributed by atoms with Crippen molar-refractivity contribution in [2.75, 3.05) is 19.6 Å². The molecule has 1 saturated heterocycles. The molecule has 0 radical (unpaired) electrons. The fourth-order valence-corrected chi connectivity index (χ4v) is 9.27. The van der Waals surface area contributed by atoms with Crippen LogP contribution in [0.2, 0.25) is 0 Å². The molecule has 2 heterocycles. The van der Waals surface area contributed by atoms with E-state index in [1.807, 2.05) is 11.0 Å². The van der Waals surface area contributed by atoms with Crippen molar-refractivity contribution >= 4 is 5.91 Å². The highest BCUT2D eigenvalue weighted by atomic mass is 16.3. The van der Waals surface area contributed by atoms with Gasteiger partial charge in [0.25, 0.3) is 11.5 Å². The Morgan fingerprint density at radius 2 is 2.06 bits per heavy atom. The second-order valence-electron chi connectivity index (χ2n) is 12.0. The molecule has 4 fully saturated rings. The molecule has 7 heteroatoms. The van der Waals surface area contributed by atoms with E-state index in [0.29, 0.717) is 29.9 Å². The van der Waals surface area contributed by atoms with Crippen molar-refractivity contribution in [1.82, 2.24) is 19.8 Å². The first kappa shape index (κ1) is 22.5. The molecule has 5 unspecified atom stereocenters. The van der Waals surface area contributed by atoms with Crippen LogP contribution in [-0.4, -0.2) is 62.5 Å². The van der Waals surface area contributed by atoms with Crippen molar-refractivity contribution in [3.05, 3.63) is 57.8 Å². The van der Waals surface area contributed by atoms with E-state index in [2.05, 4.69) is 33.9 Å². The van der Waals surface area contributed by atoms with Gasteiger partial charge >= 0.3 is 0 Å². The average molecular weight is 489 g/mol. The van der Waals surface area contributed by atoms with Gasteiger partial charge in [-0.25, -0.2) is 4.98 Å². The Bertz CT molecular complexity index is 1250. The first-order valence-corrected chi connectivity index (χ1v) is 13.9. The number of rotatable bonds is 5. The average Bonchev–Trinajstić information content (AvgIpc) is 3.66. The molecule has 1 aromatic carbocycles. The highest BCUT2D eigenvalue weighted by Gasteiger charge is 2.72. The summed E-state index contributed by atoms with van der Waals surface area (Å²) in [5.41, 5.74) is 3.00. The lowest BCUT2D eigenvalue weighted by Crippen LogP contribution is -2.70. The van der Waals surface area contributed by atoms with Gasteiger partial charge in [-0.1, -0.05) is 6.07 Å². The summed E-state index contributed by atoms with van der Waals surface area (Å²) >= 11 is 0. The molecule has 2 N–H and O–H groups in total. The Morgan fingerprint density at radius 3 is 2.81 bits per heavy atom. The lowest BCUT2D eigenvalue weighted by atomic mass is 9.43. The summed E-state index contributed by atoms with van der Waals surface area (Å²) < 4.78 is 0. The van der Waals surface area contributed by atoms with Crippen LogP contribution in [0.4, 0.5) is 0 Å². The molecular formula is C29H36N4O3. The maximum Gasteiger partial charge on any atom is 0.274 e. The Labute approximate surface area is 211 Å². The van der Waals surface area contributed by atoms with Crippen LogP contribution in [0.3, 0.4) is 0 Å². The molecule has 190 valence electrons. The van der Waals surface area contributed by atoms with Crippen molar-refractivity contribution in [1.29, 1.82) is 0 Å². The number of nitrogens with zero attached hydrogens (tertiary/aromatic N) is 3. The minimum Gasteiger partial charge on any atom is -0.508 e. The van der Waals surface area contributed by atoms with Gasteiger partial charge < -0.3 is 15.0 Å². The number of hydrogen-bond donors (Lipinski definition) is 2. The molecule has 2 aromatic rings. The maximum absolute atomic E-state index is 13.7. The molecular weight excluding hydrogens is 452 g/mol. The smallest absolute Gasteiger partial charge is 0.274 e. The normalized spacial score (nSPS) is 34.6. The molecule has 1 aromatic heterocycles. The summed E-state index contributed by atoms with van der Waals surface area (Å²) in [4.78, 5) is 36.8. The van der Waals surface area contributed by atoms with Gasteiger partial charge in [0, 0.05) is 36.8 Å². The minimum atomic E-state index is -0.297. The minimum absolute atomic E-state index is 0.000906. The molecule has 4 aliphatic carbocycles. The van der Waals surface area contributed by atoms with E-state index < -0.39 is 0 Å². The molecule has 5 aliphatic rings. The zero-order chi connectivity index (χ0) is 24.7. The number of phenols is 1. The quantitative estimate of drug-likeness (QED) is 0.673. The van der Waals surface area contributed by atoms with Gasteiger partial charge in [0.15, 0.2) is 0 Å². The summed E-state index contributed by atoms with van der Waals surface area (Å²) in [6.45, 7) is 5.03. The van der Waals surface area contributed by atoms with E-state index in [1.165, 1.54) is 49.3 Å². The number of aromatic nitrogens is 2. The van der Waals surface area contributed by atoms with Crippen LogP contribution in [-0.2, 0) is 11.8 Å². The van der Waals surface area contributed by atoms with E-state index in [9.17, 15) is 14.7 Å². The van der Waals surface area contributed by atoms with Crippen LogP contribution in [0.1, 0.15) is 73.5 Å². The third-order valence-corrected chi connectivity index (χ3v) is 10.7. The van der Waals surface area contributed by atoms with Crippen molar-refractivity contribution < 1.29 is 9.90 Å². The van der Waals surface area contributed by atoms with Crippen LogP contribution >= 0.6 is 0 Å². The summed E-state index contributed by atoms with van der Waals surface area (Å²) in [5.74, 6) is 1.51. The van der Waals surface area contributed by atoms with Crippen molar-refractivity contribution in [3.63, 3.8) is 0 Å². The number of piperidine rings is 1. The first-order chi connectivity index (χ1) is 17.5. The highest BCUT2D eigenvalue weighted by molar-refractivity contribution is 5.92. The number of H-pyrrole nitrogens is 1. The molecule has 36 heavy (non-hydrogen) atoms. The predicted molar refractivity (Wildman–Crippen MR) is 136 cm³/mol. The number of fused-ring (bicyclic) bond motifs is 1. The number of phenolic OH excluding ortho intramolecular Hbond substituents is 1. The molecule has 3 saturated carbocycles. The second kappa shape index (κ2) is 7.91. The largest absolute Gasteiger partial charge is 0.508 e.